The molecule has 0 spiro atoms. The average Bonchev–Trinajstić information content (AvgIpc) is 2.68. The van der Waals surface area contributed by atoms with Gasteiger partial charge in [-0.1, -0.05) is 63.6 Å². The van der Waals surface area contributed by atoms with Gasteiger partial charge in [0.15, 0.2) is 0 Å². The average molecular weight is 393 g/mol. The Balaban J connectivity index is 0.000000161. The van der Waals surface area contributed by atoms with Crippen molar-refractivity contribution < 1.29 is 0 Å². The first-order chi connectivity index (χ1) is 13.4. The predicted octanol–water partition coefficient (Wildman–Crippen LogP) is 6.47. The molecule has 28 heavy (non-hydrogen) atoms. The lowest BCUT2D eigenvalue weighted by Crippen LogP contribution is -1.99. The molecule has 4 aromatic rings. The number of aryl methyl sites for hydroxylation is 1. The van der Waals surface area contributed by atoms with E-state index in [4.69, 9.17) is 11.6 Å². The quantitative estimate of drug-likeness (QED) is 0.392. The standard InChI is InChI=1S/C12H14N2.C11H11ClN2/c1-8(2)12-13-9(3)10-6-4-5-7-11(10)14-12;1-7(2)11-13-6-8-9(12)4-3-5-10(8)14-11/h4-8H,1-3H3;3-7H,1-2H3. The Kier molecular flexibility index (Phi) is 6.20. The highest BCUT2D eigenvalue weighted by atomic mass is 35.5. The van der Waals surface area contributed by atoms with E-state index >= 15 is 0 Å². The summed E-state index contributed by atoms with van der Waals surface area (Å²) in [6.45, 7) is 10.4. The van der Waals surface area contributed by atoms with Crippen molar-refractivity contribution in [1.82, 2.24) is 19.9 Å². The van der Waals surface area contributed by atoms with Gasteiger partial charge in [0, 0.05) is 34.5 Å². The van der Waals surface area contributed by atoms with E-state index in [1.54, 1.807) is 6.20 Å². The van der Waals surface area contributed by atoms with Crippen molar-refractivity contribution in [2.45, 2.75) is 46.5 Å². The molecule has 4 nitrogen and oxygen atoms in total. The first-order valence-corrected chi connectivity index (χ1v) is 9.89. The van der Waals surface area contributed by atoms with Gasteiger partial charge in [-0.2, -0.15) is 0 Å². The number of rotatable bonds is 2. The first-order valence-electron chi connectivity index (χ1n) is 9.51. The summed E-state index contributed by atoms with van der Waals surface area (Å²) in [5.41, 5.74) is 3.03. The van der Waals surface area contributed by atoms with Gasteiger partial charge < -0.3 is 0 Å². The molecule has 0 amide bonds. The normalized spacial score (nSPS) is 11.1. The molecule has 0 saturated heterocycles. The summed E-state index contributed by atoms with van der Waals surface area (Å²) in [5.74, 6) is 2.53. The lowest BCUT2D eigenvalue weighted by Gasteiger charge is -2.07. The second-order valence-electron chi connectivity index (χ2n) is 7.39. The lowest BCUT2D eigenvalue weighted by molar-refractivity contribution is 0.776. The maximum absolute atomic E-state index is 6.01. The molecule has 2 aromatic carbocycles. The Morgan fingerprint density at radius 1 is 0.714 bits per heavy atom. The van der Waals surface area contributed by atoms with Crippen molar-refractivity contribution in [1.29, 1.82) is 0 Å². The zero-order valence-electron chi connectivity index (χ0n) is 16.9. The fourth-order valence-corrected chi connectivity index (χ4v) is 3.05. The summed E-state index contributed by atoms with van der Waals surface area (Å²) in [5, 5.41) is 2.77. The van der Waals surface area contributed by atoms with Crippen LogP contribution in [0.3, 0.4) is 0 Å². The van der Waals surface area contributed by atoms with Crippen LogP contribution in [-0.4, -0.2) is 19.9 Å². The maximum Gasteiger partial charge on any atom is 0.131 e. The van der Waals surface area contributed by atoms with Gasteiger partial charge in [0.25, 0.3) is 0 Å². The highest BCUT2D eigenvalue weighted by molar-refractivity contribution is 6.35. The van der Waals surface area contributed by atoms with E-state index in [0.29, 0.717) is 16.9 Å². The van der Waals surface area contributed by atoms with Crippen LogP contribution in [0.15, 0.2) is 48.7 Å². The van der Waals surface area contributed by atoms with Crippen LogP contribution < -0.4 is 0 Å². The highest BCUT2D eigenvalue weighted by Gasteiger charge is 2.07. The monoisotopic (exact) mass is 392 g/mol. The molecule has 4 rings (SSSR count). The Morgan fingerprint density at radius 2 is 1.32 bits per heavy atom. The third kappa shape index (κ3) is 4.45. The molecule has 0 unspecified atom stereocenters. The Labute approximate surface area is 171 Å². The molecule has 0 atom stereocenters. The van der Waals surface area contributed by atoms with Gasteiger partial charge in [0.1, 0.15) is 11.6 Å². The minimum Gasteiger partial charge on any atom is -0.240 e. The van der Waals surface area contributed by atoms with Crippen LogP contribution >= 0.6 is 11.6 Å². The van der Waals surface area contributed by atoms with E-state index in [2.05, 4.69) is 53.7 Å². The van der Waals surface area contributed by atoms with Crippen LogP contribution in [0.1, 0.15) is 56.9 Å². The Bertz CT molecular complexity index is 1090. The number of halogens is 1. The molecular weight excluding hydrogens is 368 g/mol. The third-order valence-corrected chi connectivity index (χ3v) is 4.76. The minimum atomic E-state index is 0.346. The zero-order chi connectivity index (χ0) is 20.3. The molecule has 0 fully saturated rings. The summed E-state index contributed by atoms with van der Waals surface area (Å²) >= 11 is 6.01. The number of fused-ring (bicyclic) bond motifs is 2. The zero-order valence-corrected chi connectivity index (χ0v) is 17.7. The summed E-state index contributed by atoms with van der Waals surface area (Å²) in [6, 6.07) is 13.8. The fraction of sp³-hybridized carbons (Fsp3) is 0.304. The summed E-state index contributed by atoms with van der Waals surface area (Å²) in [7, 11) is 0. The number of hydrogen-bond donors (Lipinski definition) is 0. The van der Waals surface area contributed by atoms with Gasteiger partial charge in [0.05, 0.1) is 16.1 Å². The number of para-hydroxylation sites is 1. The molecule has 0 aliphatic rings. The molecule has 144 valence electrons. The summed E-state index contributed by atoms with van der Waals surface area (Å²) < 4.78 is 0. The van der Waals surface area contributed by atoms with Gasteiger partial charge in [-0.05, 0) is 25.1 Å². The molecule has 0 saturated carbocycles. The highest BCUT2D eigenvalue weighted by Crippen LogP contribution is 2.22. The smallest absolute Gasteiger partial charge is 0.131 e. The Hall–Kier alpha value is -2.59. The number of aromatic nitrogens is 4. The summed E-state index contributed by atoms with van der Waals surface area (Å²) in [6.07, 6.45) is 1.79. The van der Waals surface area contributed by atoms with E-state index < -0.39 is 0 Å². The van der Waals surface area contributed by atoms with Crippen molar-refractivity contribution in [3.8, 4) is 0 Å². The van der Waals surface area contributed by atoms with E-state index in [9.17, 15) is 0 Å². The van der Waals surface area contributed by atoms with E-state index in [0.717, 1.165) is 39.1 Å². The molecule has 0 aliphatic carbocycles. The molecule has 0 N–H and O–H groups in total. The number of hydrogen-bond acceptors (Lipinski definition) is 4. The van der Waals surface area contributed by atoms with Crippen LogP contribution in [0.25, 0.3) is 21.8 Å². The van der Waals surface area contributed by atoms with Crippen LogP contribution in [0.4, 0.5) is 0 Å². The fourth-order valence-electron chi connectivity index (χ4n) is 2.83. The van der Waals surface area contributed by atoms with Crippen molar-refractivity contribution in [3.05, 3.63) is 71.0 Å². The minimum absolute atomic E-state index is 0.346. The molecule has 2 heterocycles. The largest absolute Gasteiger partial charge is 0.240 e. The number of nitrogens with zero attached hydrogens (tertiary/aromatic N) is 4. The van der Waals surface area contributed by atoms with E-state index in [-0.39, 0.29) is 0 Å². The topological polar surface area (TPSA) is 51.6 Å². The molecule has 5 heteroatoms. The Morgan fingerprint density at radius 3 is 2.04 bits per heavy atom. The van der Waals surface area contributed by atoms with Crippen LogP contribution in [-0.2, 0) is 0 Å². The van der Waals surface area contributed by atoms with Crippen LogP contribution in [0, 0.1) is 6.92 Å². The van der Waals surface area contributed by atoms with E-state index in [1.807, 2.05) is 43.3 Å². The second kappa shape index (κ2) is 8.61. The van der Waals surface area contributed by atoms with Gasteiger partial charge in [0.2, 0.25) is 0 Å². The van der Waals surface area contributed by atoms with Crippen molar-refractivity contribution >= 4 is 33.4 Å². The van der Waals surface area contributed by atoms with Crippen molar-refractivity contribution in [2.75, 3.05) is 0 Å². The van der Waals surface area contributed by atoms with E-state index in [1.165, 1.54) is 0 Å². The summed E-state index contributed by atoms with van der Waals surface area (Å²) in [4.78, 5) is 17.7. The van der Waals surface area contributed by atoms with Crippen LogP contribution in [0.2, 0.25) is 5.02 Å². The van der Waals surface area contributed by atoms with Gasteiger partial charge in [-0.3, -0.25) is 0 Å². The molecular formula is C23H25ClN4. The lowest BCUT2D eigenvalue weighted by atomic mass is 10.1. The van der Waals surface area contributed by atoms with Gasteiger partial charge >= 0.3 is 0 Å². The molecule has 0 radical (unpaired) electrons. The molecule has 2 aromatic heterocycles. The first kappa shape index (κ1) is 20.2. The number of benzene rings is 2. The third-order valence-electron chi connectivity index (χ3n) is 4.43. The van der Waals surface area contributed by atoms with Crippen molar-refractivity contribution in [2.24, 2.45) is 0 Å². The SMILES string of the molecule is CC(C)c1ncc2c(Cl)cccc2n1.Cc1nc(C(C)C)nc2ccccc12. The maximum atomic E-state index is 6.01. The van der Waals surface area contributed by atoms with Crippen molar-refractivity contribution in [3.63, 3.8) is 0 Å². The van der Waals surface area contributed by atoms with Gasteiger partial charge in [-0.25, -0.2) is 19.9 Å². The molecule has 0 aliphatic heterocycles. The second-order valence-corrected chi connectivity index (χ2v) is 7.80. The molecule has 0 bridgehead atoms. The van der Waals surface area contributed by atoms with Crippen LogP contribution in [0.5, 0.6) is 0 Å². The predicted molar refractivity (Wildman–Crippen MR) is 117 cm³/mol. The van der Waals surface area contributed by atoms with Gasteiger partial charge in [-0.15, -0.1) is 0 Å².